The molecule has 1 aliphatic rings. The molecular weight excluding hydrogens is 264 g/mol. The Morgan fingerprint density at radius 3 is 2.71 bits per heavy atom. The average molecular weight is 286 g/mol. The summed E-state index contributed by atoms with van der Waals surface area (Å²) in [7, 11) is 0. The molecule has 0 spiro atoms. The number of carbonyl (C=O) groups excluding carboxylic acids is 1. The van der Waals surface area contributed by atoms with Crippen LogP contribution in [-0.2, 0) is 0 Å². The van der Waals surface area contributed by atoms with Crippen LogP contribution in [0, 0.1) is 19.8 Å². The van der Waals surface area contributed by atoms with Gasteiger partial charge in [0, 0.05) is 17.4 Å². The molecule has 1 N–H and O–H groups in total. The number of fused-ring (bicyclic) bond motifs is 1. The first kappa shape index (κ1) is 14.0. The van der Waals surface area contributed by atoms with Crippen LogP contribution >= 0.6 is 0 Å². The highest BCUT2D eigenvalue weighted by molar-refractivity contribution is 5.99. The zero-order valence-corrected chi connectivity index (χ0v) is 12.9. The van der Waals surface area contributed by atoms with Crippen LogP contribution in [-0.4, -0.2) is 26.5 Å². The van der Waals surface area contributed by atoms with Gasteiger partial charge in [-0.1, -0.05) is 6.92 Å². The monoisotopic (exact) mass is 286 g/mol. The quantitative estimate of drug-likeness (QED) is 0.923. The van der Waals surface area contributed by atoms with E-state index in [1.165, 1.54) is 12.8 Å². The van der Waals surface area contributed by atoms with Crippen LogP contribution in [0.25, 0.3) is 5.65 Å². The fourth-order valence-electron chi connectivity index (χ4n) is 3.10. The van der Waals surface area contributed by atoms with Crippen LogP contribution in [0.15, 0.2) is 12.3 Å². The molecule has 1 fully saturated rings. The number of amides is 1. The van der Waals surface area contributed by atoms with Gasteiger partial charge in [-0.3, -0.25) is 4.79 Å². The van der Waals surface area contributed by atoms with E-state index >= 15 is 0 Å². The summed E-state index contributed by atoms with van der Waals surface area (Å²) in [5.74, 6) is 0.726. The minimum absolute atomic E-state index is 0.0537. The maximum Gasteiger partial charge on any atom is 0.256 e. The molecule has 1 aliphatic carbocycles. The van der Waals surface area contributed by atoms with Crippen molar-refractivity contribution in [1.29, 1.82) is 0 Å². The number of nitrogens with zero attached hydrogens (tertiary/aromatic N) is 3. The third-order valence-electron chi connectivity index (χ3n) is 4.37. The van der Waals surface area contributed by atoms with Gasteiger partial charge < -0.3 is 5.32 Å². The molecule has 0 aromatic carbocycles. The van der Waals surface area contributed by atoms with E-state index in [1.807, 2.05) is 19.9 Å². The third kappa shape index (κ3) is 2.77. The highest BCUT2D eigenvalue weighted by Gasteiger charge is 2.22. The molecule has 0 aliphatic heterocycles. The topological polar surface area (TPSA) is 59.3 Å². The Hall–Kier alpha value is -1.91. The Balaban J connectivity index is 1.82. The standard InChI is InChI=1S/C16H22N4O/c1-10-4-6-13(7-5-10)19-16(21)14-9-17-20-12(3)8-11(2)18-15(14)20/h8-10,13H,4-7H2,1-3H3,(H,19,21)/t10-,13-. The molecule has 0 saturated heterocycles. The van der Waals surface area contributed by atoms with Crippen molar-refractivity contribution < 1.29 is 4.79 Å². The Morgan fingerprint density at radius 2 is 2.00 bits per heavy atom. The molecule has 21 heavy (non-hydrogen) atoms. The van der Waals surface area contributed by atoms with E-state index < -0.39 is 0 Å². The largest absolute Gasteiger partial charge is 0.349 e. The minimum atomic E-state index is -0.0537. The summed E-state index contributed by atoms with van der Waals surface area (Å²) in [6.07, 6.45) is 6.14. The summed E-state index contributed by atoms with van der Waals surface area (Å²) in [6, 6.07) is 2.25. The van der Waals surface area contributed by atoms with E-state index in [9.17, 15) is 4.79 Å². The molecule has 2 aromatic rings. The van der Waals surface area contributed by atoms with Crippen LogP contribution < -0.4 is 5.32 Å². The summed E-state index contributed by atoms with van der Waals surface area (Å²) in [4.78, 5) is 16.9. The summed E-state index contributed by atoms with van der Waals surface area (Å²) in [6.45, 7) is 6.18. The Labute approximate surface area is 124 Å². The Bertz CT molecular complexity index is 668. The van der Waals surface area contributed by atoms with E-state index in [1.54, 1.807) is 10.7 Å². The molecule has 3 rings (SSSR count). The van der Waals surface area contributed by atoms with Crippen molar-refractivity contribution in [2.24, 2.45) is 5.92 Å². The smallest absolute Gasteiger partial charge is 0.256 e. The number of hydrogen-bond acceptors (Lipinski definition) is 3. The Morgan fingerprint density at radius 1 is 1.29 bits per heavy atom. The number of rotatable bonds is 2. The second kappa shape index (κ2) is 5.47. The molecule has 0 atom stereocenters. The first-order valence-corrected chi connectivity index (χ1v) is 7.67. The first-order chi connectivity index (χ1) is 10.0. The molecule has 0 bridgehead atoms. The lowest BCUT2D eigenvalue weighted by Gasteiger charge is -2.26. The molecule has 0 unspecified atom stereocenters. The fraction of sp³-hybridized carbons (Fsp3) is 0.562. The fourth-order valence-corrected chi connectivity index (χ4v) is 3.10. The van der Waals surface area contributed by atoms with Crippen LogP contribution in [0.3, 0.4) is 0 Å². The minimum Gasteiger partial charge on any atom is -0.349 e. The molecule has 2 heterocycles. The summed E-state index contributed by atoms with van der Waals surface area (Å²) in [5, 5.41) is 7.42. The van der Waals surface area contributed by atoms with Crippen molar-refractivity contribution in [2.45, 2.75) is 52.5 Å². The number of aryl methyl sites for hydroxylation is 2. The van der Waals surface area contributed by atoms with Gasteiger partial charge in [0.15, 0.2) is 5.65 Å². The second-order valence-electron chi connectivity index (χ2n) is 6.26. The zero-order chi connectivity index (χ0) is 15.0. The predicted octanol–water partition coefficient (Wildman–Crippen LogP) is 2.65. The highest BCUT2D eigenvalue weighted by Crippen LogP contribution is 2.24. The van der Waals surface area contributed by atoms with Gasteiger partial charge >= 0.3 is 0 Å². The van der Waals surface area contributed by atoms with Gasteiger partial charge in [0.25, 0.3) is 5.91 Å². The van der Waals surface area contributed by atoms with E-state index in [-0.39, 0.29) is 11.9 Å². The maximum absolute atomic E-state index is 12.5. The molecule has 1 amide bonds. The molecule has 112 valence electrons. The van der Waals surface area contributed by atoms with Crippen molar-refractivity contribution in [3.63, 3.8) is 0 Å². The van der Waals surface area contributed by atoms with Gasteiger partial charge in [-0.25, -0.2) is 9.50 Å². The van der Waals surface area contributed by atoms with Crippen LogP contribution in [0.2, 0.25) is 0 Å². The van der Waals surface area contributed by atoms with Crippen molar-refractivity contribution in [2.75, 3.05) is 0 Å². The van der Waals surface area contributed by atoms with E-state index in [4.69, 9.17) is 0 Å². The second-order valence-corrected chi connectivity index (χ2v) is 6.26. The molecular formula is C16H22N4O. The highest BCUT2D eigenvalue weighted by atomic mass is 16.1. The summed E-state index contributed by atoms with van der Waals surface area (Å²) >= 11 is 0. The molecule has 1 saturated carbocycles. The van der Waals surface area contributed by atoms with Crippen LogP contribution in [0.1, 0.15) is 54.4 Å². The predicted molar refractivity (Wildman–Crippen MR) is 81.3 cm³/mol. The SMILES string of the molecule is Cc1cc(C)n2ncc(C(=O)N[C@H]3CC[C@H](C)CC3)c2n1. The van der Waals surface area contributed by atoms with Gasteiger partial charge in [-0.05, 0) is 51.5 Å². The Kier molecular flexibility index (Phi) is 3.66. The van der Waals surface area contributed by atoms with Gasteiger partial charge in [-0.2, -0.15) is 5.10 Å². The summed E-state index contributed by atoms with van der Waals surface area (Å²) < 4.78 is 1.73. The molecule has 0 radical (unpaired) electrons. The number of aromatic nitrogens is 3. The van der Waals surface area contributed by atoms with Gasteiger partial charge in [0.1, 0.15) is 5.56 Å². The number of carbonyl (C=O) groups is 1. The summed E-state index contributed by atoms with van der Waals surface area (Å²) in [5.41, 5.74) is 3.11. The molecule has 5 heteroatoms. The van der Waals surface area contributed by atoms with E-state index in [2.05, 4.69) is 22.3 Å². The van der Waals surface area contributed by atoms with Gasteiger partial charge in [0.05, 0.1) is 6.20 Å². The van der Waals surface area contributed by atoms with Crippen molar-refractivity contribution in [3.8, 4) is 0 Å². The van der Waals surface area contributed by atoms with Crippen LogP contribution in [0.5, 0.6) is 0 Å². The van der Waals surface area contributed by atoms with Crippen molar-refractivity contribution in [3.05, 3.63) is 29.2 Å². The number of nitrogens with one attached hydrogen (secondary N) is 1. The molecule has 2 aromatic heterocycles. The molecule has 5 nitrogen and oxygen atoms in total. The van der Waals surface area contributed by atoms with Gasteiger partial charge in [-0.15, -0.1) is 0 Å². The lowest BCUT2D eigenvalue weighted by atomic mass is 9.87. The lowest BCUT2D eigenvalue weighted by molar-refractivity contribution is 0.0924. The van der Waals surface area contributed by atoms with Crippen LogP contribution in [0.4, 0.5) is 0 Å². The van der Waals surface area contributed by atoms with E-state index in [0.29, 0.717) is 11.2 Å². The first-order valence-electron chi connectivity index (χ1n) is 7.67. The normalized spacial score (nSPS) is 22.4. The van der Waals surface area contributed by atoms with E-state index in [0.717, 1.165) is 30.1 Å². The zero-order valence-electron chi connectivity index (χ0n) is 12.9. The average Bonchev–Trinajstić information content (AvgIpc) is 2.85. The van der Waals surface area contributed by atoms with Gasteiger partial charge in [0.2, 0.25) is 0 Å². The van der Waals surface area contributed by atoms with Crippen molar-refractivity contribution in [1.82, 2.24) is 19.9 Å². The lowest BCUT2D eigenvalue weighted by Crippen LogP contribution is -2.37. The maximum atomic E-state index is 12.5. The van der Waals surface area contributed by atoms with Crippen molar-refractivity contribution >= 4 is 11.6 Å². The number of hydrogen-bond donors (Lipinski definition) is 1. The third-order valence-corrected chi connectivity index (χ3v) is 4.37.